The molecule has 0 saturated heterocycles. The summed E-state index contributed by atoms with van der Waals surface area (Å²) in [6.07, 6.45) is 2.17. The van der Waals surface area contributed by atoms with E-state index in [4.69, 9.17) is 17.0 Å². The van der Waals surface area contributed by atoms with Crippen molar-refractivity contribution in [1.82, 2.24) is 10.6 Å². The van der Waals surface area contributed by atoms with Crippen LogP contribution in [0.4, 0.5) is 0 Å². The number of methoxy groups -OCH3 is 1. The lowest BCUT2D eigenvalue weighted by molar-refractivity contribution is 0.193. The first-order valence-electron chi connectivity index (χ1n) is 4.70. The summed E-state index contributed by atoms with van der Waals surface area (Å²) in [5, 5.41) is 7.00. The van der Waals surface area contributed by atoms with Crippen molar-refractivity contribution < 1.29 is 4.74 Å². The van der Waals surface area contributed by atoms with Crippen LogP contribution in [0.2, 0.25) is 0 Å². The Bertz CT molecular complexity index is 140. The summed E-state index contributed by atoms with van der Waals surface area (Å²) in [7, 11) is 1.72. The standard InChI is InChI=1S/C9H20N2OS/c1-8(2)11-9(13)10-6-4-5-7-12-3/h8H,4-7H2,1-3H3,(H2,10,11,13). The summed E-state index contributed by atoms with van der Waals surface area (Å²) < 4.78 is 4.94. The van der Waals surface area contributed by atoms with Crippen molar-refractivity contribution in [3.8, 4) is 0 Å². The van der Waals surface area contributed by atoms with Crippen LogP contribution in [-0.4, -0.2) is 31.4 Å². The third kappa shape index (κ3) is 9.56. The Labute approximate surface area is 86.2 Å². The molecule has 4 heteroatoms. The fourth-order valence-electron chi connectivity index (χ4n) is 0.887. The second-order valence-corrected chi connectivity index (χ2v) is 3.66. The Kier molecular flexibility index (Phi) is 8.04. The zero-order valence-corrected chi connectivity index (χ0v) is 9.54. The molecule has 0 aromatic carbocycles. The molecule has 0 unspecified atom stereocenters. The van der Waals surface area contributed by atoms with Crippen LogP contribution >= 0.6 is 12.2 Å². The van der Waals surface area contributed by atoms with Gasteiger partial charge in [0.05, 0.1) is 0 Å². The lowest BCUT2D eigenvalue weighted by Crippen LogP contribution is -2.39. The predicted molar refractivity (Wildman–Crippen MR) is 60.0 cm³/mol. The van der Waals surface area contributed by atoms with Gasteiger partial charge in [0.15, 0.2) is 5.11 Å². The quantitative estimate of drug-likeness (QED) is 0.504. The predicted octanol–water partition coefficient (Wildman–Crippen LogP) is 1.29. The first kappa shape index (κ1) is 12.7. The Balaban J connectivity index is 3.17. The molecule has 0 aliphatic heterocycles. The van der Waals surface area contributed by atoms with Gasteiger partial charge in [-0.05, 0) is 38.9 Å². The van der Waals surface area contributed by atoms with Crippen molar-refractivity contribution in [3.05, 3.63) is 0 Å². The number of hydrogen-bond donors (Lipinski definition) is 2. The lowest BCUT2D eigenvalue weighted by Gasteiger charge is -2.12. The van der Waals surface area contributed by atoms with Crippen molar-refractivity contribution in [1.29, 1.82) is 0 Å². The molecule has 0 aliphatic carbocycles. The monoisotopic (exact) mass is 204 g/mol. The van der Waals surface area contributed by atoms with Crippen LogP contribution in [0, 0.1) is 0 Å². The molecule has 0 aliphatic rings. The Morgan fingerprint density at radius 2 is 2.08 bits per heavy atom. The van der Waals surface area contributed by atoms with Crippen LogP contribution in [0.3, 0.4) is 0 Å². The van der Waals surface area contributed by atoms with Crippen molar-refractivity contribution in [2.45, 2.75) is 32.7 Å². The number of hydrogen-bond acceptors (Lipinski definition) is 2. The van der Waals surface area contributed by atoms with Gasteiger partial charge in [-0.3, -0.25) is 0 Å². The number of thiocarbonyl (C=S) groups is 1. The van der Waals surface area contributed by atoms with Gasteiger partial charge >= 0.3 is 0 Å². The highest BCUT2D eigenvalue weighted by atomic mass is 32.1. The summed E-state index contributed by atoms with van der Waals surface area (Å²) in [6, 6.07) is 0.402. The van der Waals surface area contributed by atoms with Crippen LogP contribution < -0.4 is 10.6 Å². The normalized spacial score (nSPS) is 10.2. The van der Waals surface area contributed by atoms with Crippen molar-refractivity contribution >= 4 is 17.3 Å². The Morgan fingerprint density at radius 1 is 1.38 bits per heavy atom. The third-order valence-corrected chi connectivity index (χ3v) is 1.74. The van der Waals surface area contributed by atoms with Crippen molar-refractivity contribution in [2.75, 3.05) is 20.3 Å². The molecule has 0 heterocycles. The van der Waals surface area contributed by atoms with Gasteiger partial charge in [-0.2, -0.15) is 0 Å². The van der Waals surface area contributed by atoms with E-state index in [1.54, 1.807) is 7.11 Å². The van der Waals surface area contributed by atoms with Gasteiger partial charge in [-0.25, -0.2) is 0 Å². The van der Waals surface area contributed by atoms with E-state index >= 15 is 0 Å². The third-order valence-electron chi connectivity index (χ3n) is 1.48. The molecular weight excluding hydrogens is 184 g/mol. The fourth-order valence-corrected chi connectivity index (χ4v) is 1.22. The second-order valence-electron chi connectivity index (χ2n) is 3.25. The maximum absolute atomic E-state index is 5.05. The van der Waals surface area contributed by atoms with E-state index in [1.165, 1.54) is 0 Å². The largest absolute Gasteiger partial charge is 0.385 e. The maximum atomic E-state index is 5.05. The molecule has 78 valence electrons. The SMILES string of the molecule is COCCCCNC(=S)NC(C)C. The van der Waals surface area contributed by atoms with Crippen LogP contribution in [-0.2, 0) is 4.74 Å². The molecule has 2 N–H and O–H groups in total. The molecule has 0 fully saturated rings. The van der Waals surface area contributed by atoms with E-state index in [0.29, 0.717) is 6.04 Å². The summed E-state index contributed by atoms with van der Waals surface area (Å²) in [5.74, 6) is 0. The van der Waals surface area contributed by atoms with Gasteiger partial charge in [0.25, 0.3) is 0 Å². The molecule has 0 bridgehead atoms. The number of ether oxygens (including phenoxy) is 1. The highest BCUT2D eigenvalue weighted by Crippen LogP contribution is 1.86. The fraction of sp³-hybridized carbons (Fsp3) is 0.889. The van der Waals surface area contributed by atoms with E-state index in [1.807, 2.05) is 0 Å². The molecule has 13 heavy (non-hydrogen) atoms. The molecular formula is C9H20N2OS. The summed E-state index contributed by atoms with van der Waals surface area (Å²) in [5.41, 5.74) is 0. The molecule has 0 saturated carbocycles. The maximum Gasteiger partial charge on any atom is 0.166 e. The average Bonchev–Trinajstić information content (AvgIpc) is 2.02. The molecule has 0 rings (SSSR count). The van der Waals surface area contributed by atoms with Gasteiger partial charge in [-0.1, -0.05) is 0 Å². The summed E-state index contributed by atoms with van der Waals surface area (Å²) in [4.78, 5) is 0. The van der Waals surface area contributed by atoms with Gasteiger partial charge in [0.2, 0.25) is 0 Å². The van der Waals surface area contributed by atoms with E-state index in [9.17, 15) is 0 Å². The minimum atomic E-state index is 0.402. The molecule has 0 atom stereocenters. The molecule has 0 radical (unpaired) electrons. The highest BCUT2D eigenvalue weighted by molar-refractivity contribution is 7.80. The number of rotatable bonds is 6. The van der Waals surface area contributed by atoms with Gasteiger partial charge in [0.1, 0.15) is 0 Å². The van der Waals surface area contributed by atoms with E-state index in [-0.39, 0.29) is 0 Å². The minimum Gasteiger partial charge on any atom is -0.385 e. The van der Waals surface area contributed by atoms with E-state index in [0.717, 1.165) is 31.1 Å². The number of unbranched alkanes of at least 4 members (excludes halogenated alkanes) is 1. The van der Waals surface area contributed by atoms with Crippen molar-refractivity contribution in [3.63, 3.8) is 0 Å². The molecule has 0 spiro atoms. The topological polar surface area (TPSA) is 33.3 Å². The Morgan fingerprint density at radius 3 is 2.62 bits per heavy atom. The van der Waals surface area contributed by atoms with Crippen LogP contribution in [0.5, 0.6) is 0 Å². The number of nitrogens with one attached hydrogen (secondary N) is 2. The van der Waals surface area contributed by atoms with Crippen LogP contribution in [0.25, 0.3) is 0 Å². The first-order valence-corrected chi connectivity index (χ1v) is 5.11. The van der Waals surface area contributed by atoms with Gasteiger partial charge < -0.3 is 15.4 Å². The first-order chi connectivity index (χ1) is 6.16. The van der Waals surface area contributed by atoms with Crippen LogP contribution in [0.1, 0.15) is 26.7 Å². The highest BCUT2D eigenvalue weighted by Gasteiger charge is 1.96. The second kappa shape index (κ2) is 8.26. The van der Waals surface area contributed by atoms with Crippen LogP contribution in [0.15, 0.2) is 0 Å². The average molecular weight is 204 g/mol. The minimum absolute atomic E-state index is 0.402. The lowest BCUT2D eigenvalue weighted by atomic mass is 10.3. The van der Waals surface area contributed by atoms with Gasteiger partial charge in [0, 0.05) is 26.3 Å². The molecule has 3 nitrogen and oxygen atoms in total. The van der Waals surface area contributed by atoms with Gasteiger partial charge in [-0.15, -0.1) is 0 Å². The smallest absolute Gasteiger partial charge is 0.166 e. The summed E-state index contributed by atoms with van der Waals surface area (Å²) in [6.45, 7) is 5.88. The summed E-state index contributed by atoms with van der Waals surface area (Å²) >= 11 is 5.05. The van der Waals surface area contributed by atoms with E-state index < -0.39 is 0 Å². The zero-order valence-electron chi connectivity index (χ0n) is 8.72. The molecule has 0 aromatic heterocycles. The molecule has 0 amide bonds. The Hall–Kier alpha value is -0.350. The zero-order chi connectivity index (χ0) is 10.1. The molecule has 0 aromatic rings. The van der Waals surface area contributed by atoms with E-state index in [2.05, 4.69) is 24.5 Å². The van der Waals surface area contributed by atoms with Crippen molar-refractivity contribution in [2.24, 2.45) is 0 Å².